The summed E-state index contributed by atoms with van der Waals surface area (Å²) in [5.74, 6) is -4.00. The first-order valence-corrected chi connectivity index (χ1v) is 5.16. The van der Waals surface area contributed by atoms with Gasteiger partial charge in [-0.3, -0.25) is 4.79 Å². The Morgan fingerprint density at radius 2 is 2.12 bits per heavy atom. The van der Waals surface area contributed by atoms with E-state index < -0.39 is 28.9 Å². The molecule has 1 N–H and O–H groups in total. The molecule has 0 fully saturated rings. The van der Waals surface area contributed by atoms with Crippen LogP contribution in [0, 0.1) is 5.82 Å². The van der Waals surface area contributed by atoms with Gasteiger partial charge in [-0.1, -0.05) is 0 Å². The number of phenols is 1. The molecular formula is C10H8BrFO4. The Morgan fingerprint density at radius 3 is 2.69 bits per heavy atom. The summed E-state index contributed by atoms with van der Waals surface area (Å²) in [6.07, 6.45) is 0. The van der Waals surface area contributed by atoms with Gasteiger partial charge in [-0.25, -0.2) is 9.18 Å². The monoisotopic (exact) mass is 290 g/mol. The standard InChI is InChI=1S/C10H8BrFO4/c1-2-16-10(15)9(14)7-6(13)4-3-5(11)8(7)12/h3-4,13H,2H2,1H3. The zero-order valence-electron chi connectivity index (χ0n) is 8.29. The third kappa shape index (κ3) is 2.38. The first-order valence-electron chi connectivity index (χ1n) is 4.37. The molecule has 1 rings (SSSR count). The first-order chi connectivity index (χ1) is 7.49. The van der Waals surface area contributed by atoms with Crippen molar-refractivity contribution in [3.8, 4) is 5.75 Å². The second-order valence-electron chi connectivity index (χ2n) is 2.81. The van der Waals surface area contributed by atoms with Gasteiger partial charge in [0.05, 0.1) is 11.1 Å². The summed E-state index contributed by atoms with van der Waals surface area (Å²) in [6, 6.07) is 2.34. The number of esters is 1. The van der Waals surface area contributed by atoms with Gasteiger partial charge in [-0.05, 0) is 35.0 Å². The van der Waals surface area contributed by atoms with Gasteiger partial charge in [0.2, 0.25) is 0 Å². The highest BCUT2D eigenvalue weighted by molar-refractivity contribution is 9.10. The molecule has 1 aromatic rings. The van der Waals surface area contributed by atoms with Crippen LogP contribution in [-0.4, -0.2) is 23.5 Å². The van der Waals surface area contributed by atoms with Gasteiger partial charge in [0.25, 0.3) is 5.78 Å². The third-order valence-electron chi connectivity index (χ3n) is 1.76. The average molecular weight is 291 g/mol. The van der Waals surface area contributed by atoms with E-state index in [1.54, 1.807) is 0 Å². The molecule has 0 atom stereocenters. The number of benzene rings is 1. The summed E-state index contributed by atoms with van der Waals surface area (Å²) in [5, 5.41) is 9.31. The maximum absolute atomic E-state index is 13.5. The Labute approximate surface area is 99.2 Å². The lowest BCUT2D eigenvalue weighted by Gasteiger charge is -2.05. The van der Waals surface area contributed by atoms with Gasteiger partial charge in [-0.15, -0.1) is 0 Å². The minimum Gasteiger partial charge on any atom is -0.507 e. The number of hydrogen-bond acceptors (Lipinski definition) is 4. The molecule has 0 aliphatic heterocycles. The van der Waals surface area contributed by atoms with E-state index in [0.717, 1.165) is 6.07 Å². The molecule has 6 heteroatoms. The topological polar surface area (TPSA) is 63.6 Å². The Kier molecular flexibility index (Phi) is 4.00. The second kappa shape index (κ2) is 5.07. The summed E-state index contributed by atoms with van der Waals surface area (Å²) in [7, 11) is 0. The number of ether oxygens (including phenoxy) is 1. The molecule has 0 unspecified atom stereocenters. The number of hydrogen-bond donors (Lipinski definition) is 1. The zero-order chi connectivity index (χ0) is 12.3. The Bertz CT molecular complexity index is 445. The van der Waals surface area contributed by atoms with Crippen LogP contribution >= 0.6 is 15.9 Å². The summed E-state index contributed by atoms with van der Waals surface area (Å²) < 4.78 is 17.9. The fraction of sp³-hybridized carbons (Fsp3) is 0.200. The molecule has 0 heterocycles. The smallest absolute Gasteiger partial charge is 0.379 e. The molecule has 0 aliphatic rings. The van der Waals surface area contributed by atoms with Crippen LogP contribution in [0.1, 0.15) is 17.3 Å². The van der Waals surface area contributed by atoms with Crippen molar-refractivity contribution in [2.45, 2.75) is 6.92 Å². The minimum absolute atomic E-state index is 0.000950. The average Bonchev–Trinajstić information content (AvgIpc) is 2.24. The molecule has 0 saturated carbocycles. The fourth-order valence-corrected chi connectivity index (χ4v) is 1.39. The second-order valence-corrected chi connectivity index (χ2v) is 3.66. The van der Waals surface area contributed by atoms with Crippen molar-refractivity contribution in [3.63, 3.8) is 0 Å². The van der Waals surface area contributed by atoms with E-state index in [9.17, 15) is 19.1 Å². The number of phenolic OH excluding ortho intramolecular Hbond substituents is 1. The maximum atomic E-state index is 13.5. The van der Waals surface area contributed by atoms with E-state index in [-0.39, 0.29) is 11.1 Å². The van der Waals surface area contributed by atoms with E-state index in [1.807, 2.05) is 0 Å². The quantitative estimate of drug-likeness (QED) is 0.526. The van der Waals surface area contributed by atoms with Crippen LogP contribution in [0.3, 0.4) is 0 Å². The summed E-state index contributed by atoms with van der Waals surface area (Å²) in [6.45, 7) is 1.52. The number of rotatable bonds is 3. The molecule has 0 bridgehead atoms. The fourth-order valence-electron chi connectivity index (χ4n) is 1.06. The first kappa shape index (κ1) is 12.6. The molecule has 16 heavy (non-hydrogen) atoms. The molecule has 0 amide bonds. The molecule has 0 spiro atoms. The predicted octanol–water partition coefficient (Wildman–Crippen LogP) is 2.04. The van der Waals surface area contributed by atoms with Crippen LogP contribution in [0.5, 0.6) is 5.75 Å². The number of aromatic hydroxyl groups is 1. The Morgan fingerprint density at radius 1 is 1.50 bits per heavy atom. The largest absolute Gasteiger partial charge is 0.507 e. The van der Waals surface area contributed by atoms with Crippen LogP contribution < -0.4 is 0 Å². The van der Waals surface area contributed by atoms with Crippen LogP contribution in [0.2, 0.25) is 0 Å². The number of carbonyl (C=O) groups is 2. The van der Waals surface area contributed by atoms with Gasteiger partial charge < -0.3 is 9.84 Å². The van der Waals surface area contributed by atoms with E-state index in [1.165, 1.54) is 13.0 Å². The van der Waals surface area contributed by atoms with E-state index in [4.69, 9.17) is 0 Å². The molecule has 4 nitrogen and oxygen atoms in total. The molecule has 86 valence electrons. The summed E-state index contributed by atoms with van der Waals surface area (Å²) >= 11 is 2.85. The molecule has 0 aromatic heterocycles. The number of ketones is 1. The highest BCUT2D eigenvalue weighted by Crippen LogP contribution is 2.27. The lowest BCUT2D eigenvalue weighted by molar-refractivity contribution is -0.137. The van der Waals surface area contributed by atoms with Crippen molar-refractivity contribution in [3.05, 3.63) is 28.0 Å². The normalized spacial score (nSPS) is 9.94. The molecule has 0 saturated heterocycles. The zero-order valence-corrected chi connectivity index (χ0v) is 9.88. The van der Waals surface area contributed by atoms with Gasteiger partial charge in [0.15, 0.2) is 5.82 Å². The number of Topliss-reactive ketones (excluding diaryl/α,β-unsaturated/α-hetero) is 1. The van der Waals surface area contributed by atoms with Crippen LogP contribution in [-0.2, 0) is 9.53 Å². The number of halogens is 2. The van der Waals surface area contributed by atoms with Gasteiger partial charge >= 0.3 is 5.97 Å². The molecule has 0 radical (unpaired) electrons. The lowest BCUT2D eigenvalue weighted by atomic mass is 10.1. The highest BCUT2D eigenvalue weighted by Gasteiger charge is 2.26. The SMILES string of the molecule is CCOC(=O)C(=O)c1c(O)ccc(Br)c1F. The van der Waals surface area contributed by atoms with Crippen molar-refractivity contribution in [2.24, 2.45) is 0 Å². The van der Waals surface area contributed by atoms with Crippen molar-refractivity contribution in [1.29, 1.82) is 0 Å². The van der Waals surface area contributed by atoms with E-state index in [2.05, 4.69) is 20.7 Å². The molecule has 1 aromatic carbocycles. The Hall–Kier alpha value is -1.43. The number of carbonyl (C=O) groups excluding carboxylic acids is 2. The minimum atomic E-state index is -1.21. The van der Waals surface area contributed by atoms with Crippen LogP contribution in [0.4, 0.5) is 4.39 Å². The molecule has 0 aliphatic carbocycles. The maximum Gasteiger partial charge on any atom is 0.379 e. The van der Waals surface area contributed by atoms with E-state index in [0.29, 0.717) is 0 Å². The van der Waals surface area contributed by atoms with Crippen molar-refractivity contribution in [1.82, 2.24) is 0 Å². The third-order valence-corrected chi connectivity index (χ3v) is 2.37. The van der Waals surface area contributed by atoms with Gasteiger partial charge in [0.1, 0.15) is 11.3 Å². The Balaban J connectivity index is 3.18. The van der Waals surface area contributed by atoms with Crippen LogP contribution in [0.25, 0.3) is 0 Å². The van der Waals surface area contributed by atoms with Gasteiger partial charge in [-0.2, -0.15) is 0 Å². The van der Waals surface area contributed by atoms with Crippen LogP contribution in [0.15, 0.2) is 16.6 Å². The highest BCUT2D eigenvalue weighted by atomic mass is 79.9. The summed E-state index contributed by atoms with van der Waals surface area (Å²) in [5.41, 5.74) is -0.687. The van der Waals surface area contributed by atoms with Crippen molar-refractivity contribution in [2.75, 3.05) is 6.61 Å². The molecular weight excluding hydrogens is 283 g/mol. The van der Waals surface area contributed by atoms with Crippen molar-refractivity contribution < 1.29 is 23.8 Å². The lowest BCUT2D eigenvalue weighted by Crippen LogP contribution is -2.19. The van der Waals surface area contributed by atoms with E-state index >= 15 is 0 Å². The van der Waals surface area contributed by atoms with Gasteiger partial charge in [0, 0.05) is 0 Å². The predicted molar refractivity (Wildman–Crippen MR) is 56.7 cm³/mol. The van der Waals surface area contributed by atoms with Crippen molar-refractivity contribution >= 4 is 27.7 Å². The summed E-state index contributed by atoms with van der Waals surface area (Å²) in [4.78, 5) is 22.5.